The number of carbonyl (C=O) groups is 1. The molecule has 0 saturated carbocycles. The molecule has 0 spiro atoms. The second-order valence-electron chi connectivity index (χ2n) is 8.49. The quantitative estimate of drug-likeness (QED) is 0.424. The lowest BCUT2D eigenvalue weighted by molar-refractivity contribution is 0.0736. The minimum Gasteiger partial charge on any atom is -0.494 e. The summed E-state index contributed by atoms with van der Waals surface area (Å²) in [4.78, 5) is 19.3. The van der Waals surface area contributed by atoms with Crippen molar-refractivity contribution in [3.05, 3.63) is 71.5 Å². The molecule has 9 heteroatoms. The van der Waals surface area contributed by atoms with Gasteiger partial charge in [-0.05, 0) is 51.0 Å². The summed E-state index contributed by atoms with van der Waals surface area (Å²) in [6, 6.07) is 13.4. The van der Waals surface area contributed by atoms with Crippen LogP contribution >= 0.6 is 0 Å². The van der Waals surface area contributed by atoms with Crippen molar-refractivity contribution in [3.63, 3.8) is 0 Å². The Bertz CT molecular complexity index is 1210. The molecule has 2 aromatic carbocycles. The van der Waals surface area contributed by atoms with Crippen LogP contribution in [0.15, 0.2) is 58.8 Å². The van der Waals surface area contributed by atoms with E-state index in [4.69, 9.17) is 14.0 Å². The molecule has 0 radical (unpaired) electrons. The van der Waals surface area contributed by atoms with E-state index in [9.17, 15) is 9.18 Å². The lowest BCUT2D eigenvalue weighted by Gasteiger charge is -2.35. The van der Waals surface area contributed by atoms with Gasteiger partial charge in [-0.2, -0.15) is 4.98 Å². The van der Waals surface area contributed by atoms with Crippen molar-refractivity contribution in [2.75, 3.05) is 20.3 Å². The van der Waals surface area contributed by atoms with Gasteiger partial charge in [0.05, 0.1) is 24.8 Å². The van der Waals surface area contributed by atoms with E-state index in [2.05, 4.69) is 15.5 Å². The van der Waals surface area contributed by atoms with Crippen LogP contribution in [0, 0.1) is 5.82 Å². The third kappa shape index (κ3) is 5.35. The van der Waals surface area contributed by atoms with Gasteiger partial charge in [0.15, 0.2) is 11.6 Å². The smallest absolute Gasteiger partial charge is 0.322 e. The highest BCUT2D eigenvalue weighted by atomic mass is 19.1. The van der Waals surface area contributed by atoms with E-state index in [1.54, 1.807) is 11.0 Å². The van der Waals surface area contributed by atoms with Crippen molar-refractivity contribution >= 4 is 11.6 Å². The zero-order chi connectivity index (χ0) is 24.9. The number of amides is 2. The minimum absolute atomic E-state index is 0.124. The fourth-order valence-electron chi connectivity index (χ4n) is 4.02. The number of urea groups is 1. The number of rotatable bonds is 9. The van der Waals surface area contributed by atoms with E-state index < -0.39 is 11.9 Å². The van der Waals surface area contributed by atoms with Crippen LogP contribution in [0.4, 0.5) is 9.18 Å². The Labute approximate surface area is 203 Å². The molecular weight excluding hydrogens is 451 g/mol. The highest BCUT2D eigenvalue weighted by Crippen LogP contribution is 2.37. The van der Waals surface area contributed by atoms with Crippen LogP contribution < -0.4 is 10.1 Å². The first-order valence-electron chi connectivity index (χ1n) is 11.5. The van der Waals surface area contributed by atoms with E-state index in [1.807, 2.05) is 51.1 Å². The van der Waals surface area contributed by atoms with Crippen molar-refractivity contribution < 1.29 is 23.2 Å². The zero-order valence-electron chi connectivity index (χ0n) is 20.2. The Kier molecular flexibility index (Phi) is 7.45. The molecule has 1 unspecified atom stereocenters. The number of carbonyl (C=O) groups excluding carboxylic acids is 1. The normalized spacial score (nSPS) is 16.1. The summed E-state index contributed by atoms with van der Waals surface area (Å²) in [7, 11) is 1.40. The number of halogens is 1. The summed E-state index contributed by atoms with van der Waals surface area (Å²) in [5, 5.41) is 7.15. The summed E-state index contributed by atoms with van der Waals surface area (Å²) < 4.78 is 30.5. The number of aromatic nitrogens is 2. The Morgan fingerprint density at radius 1 is 1.20 bits per heavy atom. The predicted octanol–water partition coefficient (Wildman–Crippen LogP) is 5.20. The van der Waals surface area contributed by atoms with Gasteiger partial charge < -0.3 is 19.3 Å². The van der Waals surface area contributed by atoms with Gasteiger partial charge in [-0.25, -0.2) is 9.18 Å². The fraction of sp³-hybridized carbons (Fsp3) is 0.346. The van der Waals surface area contributed by atoms with Crippen LogP contribution in [0.25, 0.3) is 17.0 Å². The summed E-state index contributed by atoms with van der Waals surface area (Å²) in [5.41, 5.74) is 2.74. The zero-order valence-corrected chi connectivity index (χ0v) is 20.2. The van der Waals surface area contributed by atoms with Gasteiger partial charge in [0.2, 0.25) is 5.82 Å². The van der Waals surface area contributed by atoms with E-state index in [1.165, 1.54) is 19.2 Å². The van der Waals surface area contributed by atoms with E-state index in [0.29, 0.717) is 36.4 Å². The molecule has 3 aromatic rings. The first-order valence-corrected chi connectivity index (χ1v) is 11.5. The molecule has 0 bridgehead atoms. The van der Waals surface area contributed by atoms with E-state index >= 15 is 0 Å². The molecule has 0 saturated heterocycles. The Morgan fingerprint density at radius 3 is 2.66 bits per heavy atom. The largest absolute Gasteiger partial charge is 0.494 e. The fourth-order valence-corrected chi connectivity index (χ4v) is 4.02. The molecule has 0 aliphatic carbocycles. The number of hydrogen-bond acceptors (Lipinski definition) is 6. The molecule has 1 aromatic heterocycles. The lowest BCUT2D eigenvalue weighted by Crippen LogP contribution is -2.46. The molecule has 2 heterocycles. The van der Waals surface area contributed by atoms with Crippen LogP contribution in [0.3, 0.4) is 0 Å². The topological polar surface area (TPSA) is 89.7 Å². The summed E-state index contributed by atoms with van der Waals surface area (Å²) in [5.74, 6) is 0.106. The summed E-state index contributed by atoms with van der Waals surface area (Å²) >= 11 is 0. The number of benzene rings is 2. The highest BCUT2D eigenvalue weighted by molar-refractivity contribution is 5.86. The first-order chi connectivity index (χ1) is 16.9. The number of methoxy groups -OCH3 is 1. The molecule has 4 rings (SSSR count). The van der Waals surface area contributed by atoms with Crippen LogP contribution in [0.1, 0.15) is 44.7 Å². The molecule has 1 atom stereocenters. The SMILES string of the molecule is COc1ccc(-c2noc(C3=C(C)N(CCCOC(C)C)C(=O)NC3c3ccccc3)n2)cc1F. The van der Waals surface area contributed by atoms with Gasteiger partial charge in [-0.15, -0.1) is 0 Å². The molecule has 1 aliphatic heterocycles. The maximum Gasteiger partial charge on any atom is 0.322 e. The Hall–Kier alpha value is -3.72. The van der Waals surface area contributed by atoms with Gasteiger partial charge in [0, 0.05) is 24.4 Å². The molecule has 1 N–H and O–H groups in total. The minimum atomic E-state index is -0.520. The van der Waals surface area contributed by atoms with Gasteiger partial charge in [0.1, 0.15) is 0 Å². The monoisotopic (exact) mass is 480 g/mol. The van der Waals surface area contributed by atoms with Crippen LogP contribution in [0.5, 0.6) is 5.75 Å². The van der Waals surface area contributed by atoms with Gasteiger partial charge in [-0.1, -0.05) is 35.5 Å². The maximum atomic E-state index is 14.2. The standard InChI is InChI=1S/C26H29FN4O4/c1-16(2)34-14-8-13-31-17(3)22(23(28-26(31)32)18-9-6-5-7-10-18)25-29-24(30-35-25)19-11-12-21(33-4)20(27)15-19/h5-7,9-12,15-16,23H,8,13-14H2,1-4H3,(H,28,32). The third-order valence-corrected chi connectivity index (χ3v) is 5.77. The number of hydrogen-bond donors (Lipinski definition) is 1. The van der Waals surface area contributed by atoms with Crippen molar-refractivity contribution in [1.29, 1.82) is 0 Å². The van der Waals surface area contributed by atoms with Crippen molar-refractivity contribution in [2.24, 2.45) is 0 Å². The average molecular weight is 481 g/mol. The molecule has 2 amide bonds. The van der Waals surface area contributed by atoms with Crippen LogP contribution in [0.2, 0.25) is 0 Å². The number of nitrogens with one attached hydrogen (secondary N) is 1. The first kappa shape index (κ1) is 24.4. The van der Waals surface area contributed by atoms with Gasteiger partial charge >= 0.3 is 6.03 Å². The molecule has 184 valence electrons. The van der Waals surface area contributed by atoms with Gasteiger partial charge in [0.25, 0.3) is 5.89 Å². The highest BCUT2D eigenvalue weighted by Gasteiger charge is 2.35. The second kappa shape index (κ2) is 10.7. The van der Waals surface area contributed by atoms with Crippen molar-refractivity contribution in [1.82, 2.24) is 20.4 Å². The second-order valence-corrected chi connectivity index (χ2v) is 8.49. The predicted molar refractivity (Wildman–Crippen MR) is 129 cm³/mol. The van der Waals surface area contributed by atoms with Crippen LogP contribution in [-0.2, 0) is 4.74 Å². The van der Waals surface area contributed by atoms with Crippen molar-refractivity contribution in [2.45, 2.75) is 39.3 Å². The average Bonchev–Trinajstić information content (AvgIpc) is 3.33. The Morgan fingerprint density at radius 2 is 1.97 bits per heavy atom. The van der Waals surface area contributed by atoms with E-state index in [-0.39, 0.29) is 29.6 Å². The van der Waals surface area contributed by atoms with Crippen LogP contribution in [-0.4, -0.2) is 47.4 Å². The number of ether oxygens (including phenoxy) is 2. The molecular formula is C26H29FN4O4. The van der Waals surface area contributed by atoms with Gasteiger partial charge in [-0.3, -0.25) is 4.90 Å². The molecule has 0 fully saturated rings. The third-order valence-electron chi connectivity index (χ3n) is 5.77. The Balaban J connectivity index is 1.70. The lowest BCUT2D eigenvalue weighted by atomic mass is 9.94. The maximum absolute atomic E-state index is 14.2. The summed E-state index contributed by atoms with van der Waals surface area (Å²) in [6.07, 6.45) is 0.798. The molecule has 1 aliphatic rings. The molecule has 35 heavy (non-hydrogen) atoms. The molecule has 8 nitrogen and oxygen atoms in total. The van der Waals surface area contributed by atoms with E-state index in [0.717, 1.165) is 5.56 Å². The summed E-state index contributed by atoms with van der Waals surface area (Å²) in [6.45, 7) is 6.83. The number of nitrogens with zero attached hydrogens (tertiary/aromatic N) is 3. The van der Waals surface area contributed by atoms with Crippen molar-refractivity contribution in [3.8, 4) is 17.1 Å². The number of allylic oxidation sites excluding steroid dienone is 1.